The number of carbonyl (C=O) groups is 1. The van der Waals surface area contributed by atoms with E-state index in [1.807, 2.05) is 30.3 Å². The molecule has 0 amide bonds. The van der Waals surface area contributed by atoms with E-state index in [1.165, 1.54) is 47.0 Å². The first-order chi connectivity index (χ1) is 21.2. The lowest BCUT2D eigenvalue weighted by molar-refractivity contribution is -0.384. The monoisotopic (exact) mass is 629 g/mol. The molecule has 0 radical (unpaired) electrons. The molecule has 5 aromatic rings. The lowest BCUT2D eigenvalue weighted by atomic mass is 9.93. The molecule has 3 heterocycles. The van der Waals surface area contributed by atoms with Gasteiger partial charge < -0.3 is 9.15 Å². The number of halogens is 2. The lowest BCUT2D eigenvalue weighted by Crippen LogP contribution is -2.40. The van der Waals surface area contributed by atoms with Crippen LogP contribution >= 0.6 is 22.9 Å². The summed E-state index contributed by atoms with van der Waals surface area (Å²) in [5.41, 5.74) is 1.49. The van der Waals surface area contributed by atoms with Crippen molar-refractivity contribution < 1.29 is 23.3 Å². The van der Waals surface area contributed by atoms with Crippen LogP contribution in [0.2, 0.25) is 5.02 Å². The van der Waals surface area contributed by atoms with Crippen molar-refractivity contribution >= 4 is 46.4 Å². The van der Waals surface area contributed by atoms with Crippen LogP contribution in [0.5, 0.6) is 0 Å². The molecule has 0 bridgehead atoms. The van der Waals surface area contributed by atoms with Crippen LogP contribution in [0.3, 0.4) is 0 Å². The van der Waals surface area contributed by atoms with E-state index in [0.717, 1.165) is 11.3 Å². The highest BCUT2D eigenvalue weighted by molar-refractivity contribution is 7.07. The molecule has 1 aliphatic rings. The van der Waals surface area contributed by atoms with Crippen LogP contribution in [-0.4, -0.2) is 22.1 Å². The summed E-state index contributed by atoms with van der Waals surface area (Å²) in [7, 11) is 0. The Morgan fingerprint density at radius 3 is 2.57 bits per heavy atom. The van der Waals surface area contributed by atoms with Crippen molar-refractivity contribution in [1.82, 2.24) is 4.57 Å². The fraction of sp³-hybridized carbons (Fsp3) is 0.0938. The number of rotatable bonds is 7. The molecular formula is C32H21ClFN3O6S. The fourth-order valence-electron chi connectivity index (χ4n) is 4.92. The molecule has 9 nitrogen and oxygen atoms in total. The minimum atomic E-state index is -0.950. The number of nitrogens with zero attached hydrogens (tertiary/aromatic N) is 3. The van der Waals surface area contributed by atoms with Gasteiger partial charge in [0.2, 0.25) is 0 Å². The molecule has 6 rings (SSSR count). The first-order valence-corrected chi connectivity index (χ1v) is 14.5. The summed E-state index contributed by atoms with van der Waals surface area (Å²) in [5, 5.41) is 11.2. The normalized spacial score (nSPS) is 14.7. The molecule has 0 saturated carbocycles. The first kappa shape index (κ1) is 29.0. The number of benzene rings is 3. The number of nitro benzene ring substituents is 1. The van der Waals surface area contributed by atoms with Gasteiger partial charge in [-0.3, -0.25) is 19.5 Å². The molecule has 2 aromatic heterocycles. The lowest BCUT2D eigenvalue weighted by Gasteiger charge is -2.25. The summed E-state index contributed by atoms with van der Waals surface area (Å²) in [5.74, 6) is -0.433. The molecule has 0 aliphatic carbocycles. The van der Waals surface area contributed by atoms with Crippen LogP contribution in [0, 0.1) is 15.9 Å². The van der Waals surface area contributed by atoms with Crippen LogP contribution < -0.4 is 14.9 Å². The second kappa shape index (κ2) is 11.9. The Hall–Kier alpha value is -5.13. The van der Waals surface area contributed by atoms with Gasteiger partial charge in [-0.25, -0.2) is 14.2 Å². The molecule has 12 heteroatoms. The van der Waals surface area contributed by atoms with E-state index in [1.54, 1.807) is 25.1 Å². The highest BCUT2D eigenvalue weighted by atomic mass is 35.5. The number of hydrogen-bond acceptors (Lipinski definition) is 8. The molecule has 0 N–H and O–H groups in total. The quantitative estimate of drug-likeness (QED) is 0.126. The van der Waals surface area contributed by atoms with Crippen LogP contribution in [0.4, 0.5) is 10.1 Å². The van der Waals surface area contributed by atoms with Gasteiger partial charge in [-0.2, -0.15) is 0 Å². The summed E-state index contributed by atoms with van der Waals surface area (Å²) in [6.07, 6.45) is 1.55. The van der Waals surface area contributed by atoms with Gasteiger partial charge >= 0.3 is 5.97 Å². The van der Waals surface area contributed by atoms with E-state index in [9.17, 15) is 24.1 Å². The van der Waals surface area contributed by atoms with Crippen molar-refractivity contribution in [2.75, 3.05) is 6.61 Å². The summed E-state index contributed by atoms with van der Waals surface area (Å²) in [6, 6.07) is 21.0. The van der Waals surface area contributed by atoms with Crippen molar-refractivity contribution in [1.29, 1.82) is 0 Å². The van der Waals surface area contributed by atoms with Crippen molar-refractivity contribution in [2.24, 2.45) is 4.99 Å². The van der Waals surface area contributed by atoms with E-state index in [0.29, 0.717) is 38.7 Å². The molecule has 0 fully saturated rings. The Bertz CT molecular complexity index is 2130. The molecular weight excluding hydrogens is 609 g/mol. The summed E-state index contributed by atoms with van der Waals surface area (Å²) in [6.45, 7) is 1.79. The van der Waals surface area contributed by atoms with Gasteiger partial charge in [-0.05, 0) is 42.8 Å². The highest BCUT2D eigenvalue weighted by Crippen LogP contribution is 2.35. The van der Waals surface area contributed by atoms with E-state index in [4.69, 9.17) is 25.7 Å². The maximum Gasteiger partial charge on any atom is 0.338 e. The van der Waals surface area contributed by atoms with Gasteiger partial charge in [0, 0.05) is 29.3 Å². The third kappa shape index (κ3) is 5.38. The molecule has 0 saturated heterocycles. The third-order valence-electron chi connectivity index (χ3n) is 6.89. The predicted octanol–water partition coefficient (Wildman–Crippen LogP) is 5.90. The predicted molar refractivity (Wildman–Crippen MR) is 163 cm³/mol. The van der Waals surface area contributed by atoms with Gasteiger partial charge in [-0.15, -0.1) is 0 Å². The Kier molecular flexibility index (Phi) is 7.81. The summed E-state index contributed by atoms with van der Waals surface area (Å²) in [4.78, 5) is 43.1. The Morgan fingerprint density at radius 1 is 1.14 bits per heavy atom. The maximum absolute atomic E-state index is 14.0. The number of fused-ring (bicyclic) bond motifs is 1. The largest absolute Gasteiger partial charge is 0.463 e. The van der Waals surface area contributed by atoms with Gasteiger partial charge in [0.15, 0.2) is 4.80 Å². The Labute approximate surface area is 257 Å². The molecule has 1 aliphatic heterocycles. The van der Waals surface area contributed by atoms with Crippen molar-refractivity contribution in [3.63, 3.8) is 0 Å². The number of carbonyl (C=O) groups excluding carboxylic acids is 1. The van der Waals surface area contributed by atoms with Crippen LogP contribution in [0.1, 0.15) is 29.9 Å². The molecule has 44 heavy (non-hydrogen) atoms. The zero-order chi connectivity index (χ0) is 31.0. The van der Waals surface area contributed by atoms with Crippen LogP contribution in [0.25, 0.3) is 23.1 Å². The second-order valence-corrected chi connectivity index (χ2v) is 11.0. The minimum absolute atomic E-state index is 0.102. The Morgan fingerprint density at radius 2 is 1.89 bits per heavy atom. The first-order valence-electron chi connectivity index (χ1n) is 13.3. The summed E-state index contributed by atoms with van der Waals surface area (Å²) >= 11 is 7.38. The number of thiazole rings is 1. The van der Waals surface area contributed by atoms with Crippen molar-refractivity contribution in [3.05, 3.63) is 148 Å². The standard InChI is InChI=1S/C32H21ClFN3O6S/c1-2-42-31(39)27-28(18-6-4-3-5-7-18)35-32-36(29(27)19-8-10-20(34)11-9-19)30(38)26(44-32)17-22-13-15-25(43-22)23-14-12-21(37(40)41)16-24(23)33/h3-17,29H,2H2,1H3/b26-17-/t29-/m1/s1. The number of aromatic nitrogens is 1. The zero-order valence-electron chi connectivity index (χ0n) is 22.9. The number of nitro groups is 1. The third-order valence-corrected chi connectivity index (χ3v) is 8.18. The topological polar surface area (TPSA) is 117 Å². The molecule has 0 spiro atoms. The number of esters is 1. The van der Waals surface area contributed by atoms with Crippen molar-refractivity contribution in [3.8, 4) is 11.3 Å². The smallest absolute Gasteiger partial charge is 0.338 e. The Balaban J connectivity index is 1.52. The number of ether oxygens (including phenoxy) is 1. The van der Waals surface area contributed by atoms with E-state index in [2.05, 4.69) is 0 Å². The highest BCUT2D eigenvalue weighted by Gasteiger charge is 2.35. The zero-order valence-corrected chi connectivity index (χ0v) is 24.5. The molecule has 0 unspecified atom stereocenters. The van der Waals surface area contributed by atoms with Gasteiger partial charge in [0.05, 0.1) is 38.4 Å². The number of furan rings is 1. The summed E-state index contributed by atoms with van der Waals surface area (Å²) < 4.78 is 27.0. The average Bonchev–Trinajstić information content (AvgIpc) is 3.61. The van der Waals surface area contributed by atoms with E-state index in [-0.39, 0.29) is 27.4 Å². The van der Waals surface area contributed by atoms with E-state index < -0.39 is 28.3 Å². The number of non-ortho nitro benzene ring substituents is 1. The van der Waals surface area contributed by atoms with Gasteiger partial charge in [0.1, 0.15) is 17.3 Å². The van der Waals surface area contributed by atoms with Crippen LogP contribution in [0.15, 0.2) is 105 Å². The average molecular weight is 630 g/mol. The van der Waals surface area contributed by atoms with E-state index >= 15 is 0 Å². The number of hydrogen-bond donors (Lipinski definition) is 0. The maximum atomic E-state index is 14.0. The van der Waals surface area contributed by atoms with Crippen molar-refractivity contribution in [2.45, 2.75) is 13.0 Å². The second-order valence-electron chi connectivity index (χ2n) is 9.61. The SMILES string of the molecule is CCOC(=O)C1=C(c2ccccc2)N=c2s/c(=C\c3ccc(-c4ccc([N+](=O)[O-])cc4Cl)o3)c(=O)n2[C@@H]1c1ccc(F)cc1. The van der Waals surface area contributed by atoms with Gasteiger partial charge in [-0.1, -0.05) is 65.4 Å². The molecule has 220 valence electrons. The fourth-order valence-corrected chi connectivity index (χ4v) is 6.17. The van der Waals surface area contributed by atoms with Crippen LogP contribution in [-0.2, 0) is 9.53 Å². The molecule has 3 aromatic carbocycles. The molecule has 1 atom stereocenters. The van der Waals surface area contributed by atoms with Gasteiger partial charge in [0.25, 0.3) is 11.2 Å². The minimum Gasteiger partial charge on any atom is -0.463 e.